The standard InChI is InChI=1S/C10H9ClN2OS/c11-6-1-2-8-7(5-6)13-10(15-8)4-3-9(12)14/h1-2,5H,3-4H2,(H2,12,14). The van der Waals surface area contributed by atoms with E-state index in [0.29, 0.717) is 17.9 Å². The first-order chi connectivity index (χ1) is 7.15. The first-order valence-electron chi connectivity index (χ1n) is 4.48. The SMILES string of the molecule is NC(=O)CCc1nc2cc(Cl)ccc2s1. The molecule has 0 bridgehead atoms. The summed E-state index contributed by atoms with van der Waals surface area (Å²) in [5, 5.41) is 1.60. The van der Waals surface area contributed by atoms with Crippen molar-refractivity contribution in [2.24, 2.45) is 5.73 Å². The number of hydrogen-bond donors (Lipinski definition) is 1. The van der Waals surface area contributed by atoms with Gasteiger partial charge in [0.2, 0.25) is 5.91 Å². The predicted octanol–water partition coefficient (Wildman–Crippen LogP) is 2.37. The molecule has 0 fully saturated rings. The van der Waals surface area contributed by atoms with E-state index in [1.807, 2.05) is 18.2 Å². The van der Waals surface area contributed by atoms with Crippen LogP contribution in [0.3, 0.4) is 0 Å². The smallest absolute Gasteiger partial charge is 0.217 e. The van der Waals surface area contributed by atoms with Gasteiger partial charge in [0, 0.05) is 17.9 Å². The van der Waals surface area contributed by atoms with E-state index in [9.17, 15) is 4.79 Å². The molecule has 1 aromatic heterocycles. The molecule has 0 atom stereocenters. The third kappa shape index (κ3) is 2.46. The number of nitrogens with two attached hydrogens (primary N) is 1. The largest absolute Gasteiger partial charge is 0.370 e. The lowest BCUT2D eigenvalue weighted by atomic mass is 10.3. The third-order valence-electron chi connectivity index (χ3n) is 1.98. The van der Waals surface area contributed by atoms with Gasteiger partial charge in [-0.1, -0.05) is 11.6 Å². The summed E-state index contributed by atoms with van der Waals surface area (Å²) in [5.41, 5.74) is 5.96. The Bertz CT molecular complexity index is 509. The highest BCUT2D eigenvalue weighted by atomic mass is 35.5. The van der Waals surface area contributed by atoms with Crippen molar-refractivity contribution in [1.29, 1.82) is 0 Å². The number of rotatable bonds is 3. The molecule has 78 valence electrons. The maximum absolute atomic E-state index is 10.6. The van der Waals surface area contributed by atoms with Crippen molar-refractivity contribution < 1.29 is 4.79 Å². The van der Waals surface area contributed by atoms with Gasteiger partial charge in [-0.05, 0) is 18.2 Å². The molecule has 1 aromatic carbocycles. The van der Waals surface area contributed by atoms with Crippen LogP contribution in [-0.2, 0) is 11.2 Å². The van der Waals surface area contributed by atoms with Gasteiger partial charge in [-0.25, -0.2) is 4.98 Å². The normalized spacial score (nSPS) is 10.7. The molecule has 2 rings (SSSR count). The number of primary amides is 1. The number of amides is 1. The summed E-state index contributed by atoms with van der Waals surface area (Å²) < 4.78 is 1.08. The molecule has 3 nitrogen and oxygen atoms in total. The van der Waals surface area contributed by atoms with Gasteiger partial charge in [0.1, 0.15) is 0 Å². The van der Waals surface area contributed by atoms with E-state index >= 15 is 0 Å². The number of hydrogen-bond acceptors (Lipinski definition) is 3. The van der Waals surface area contributed by atoms with E-state index in [1.54, 1.807) is 11.3 Å². The zero-order valence-corrected chi connectivity index (χ0v) is 9.44. The van der Waals surface area contributed by atoms with E-state index < -0.39 is 0 Å². The molecule has 0 spiro atoms. The minimum Gasteiger partial charge on any atom is -0.370 e. The fraction of sp³-hybridized carbons (Fsp3) is 0.200. The molecular weight excluding hydrogens is 232 g/mol. The van der Waals surface area contributed by atoms with Gasteiger partial charge in [0.25, 0.3) is 0 Å². The number of carbonyl (C=O) groups is 1. The summed E-state index contributed by atoms with van der Waals surface area (Å²) in [5.74, 6) is -0.299. The molecule has 0 radical (unpaired) electrons. The number of fused-ring (bicyclic) bond motifs is 1. The molecule has 0 aliphatic rings. The number of aromatic nitrogens is 1. The number of carbonyl (C=O) groups excluding carboxylic acids is 1. The van der Waals surface area contributed by atoms with Gasteiger partial charge in [-0.3, -0.25) is 4.79 Å². The van der Waals surface area contributed by atoms with Crippen molar-refractivity contribution >= 4 is 39.1 Å². The molecule has 0 saturated carbocycles. The van der Waals surface area contributed by atoms with Crippen LogP contribution in [0.25, 0.3) is 10.2 Å². The molecule has 1 heterocycles. The Morgan fingerprint density at radius 1 is 1.53 bits per heavy atom. The van der Waals surface area contributed by atoms with Crippen LogP contribution in [0.2, 0.25) is 5.02 Å². The van der Waals surface area contributed by atoms with Crippen LogP contribution in [-0.4, -0.2) is 10.9 Å². The van der Waals surface area contributed by atoms with Crippen LogP contribution < -0.4 is 5.73 Å². The number of nitrogens with zero attached hydrogens (tertiary/aromatic N) is 1. The molecule has 2 N–H and O–H groups in total. The van der Waals surface area contributed by atoms with Gasteiger partial charge in [0.05, 0.1) is 15.2 Å². The summed E-state index contributed by atoms with van der Waals surface area (Å²) in [6, 6.07) is 5.59. The summed E-state index contributed by atoms with van der Waals surface area (Å²) in [6.07, 6.45) is 0.944. The number of halogens is 1. The van der Waals surface area contributed by atoms with Gasteiger partial charge < -0.3 is 5.73 Å². The predicted molar refractivity (Wildman–Crippen MR) is 62.1 cm³/mol. The zero-order chi connectivity index (χ0) is 10.8. The Morgan fingerprint density at radius 2 is 2.33 bits per heavy atom. The van der Waals surface area contributed by atoms with Crippen LogP contribution in [0, 0.1) is 0 Å². The summed E-state index contributed by atoms with van der Waals surface area (Å²) >= 11 is 7.42. The van der Waals surface area contributed by atoms with Gasteiger partial charge >= 0.3 is 0 Å². The van der Waals surface area contributed by atoms with E-state index in [2.05, 4.69) is 4.98 Å². The molecule has 15 heavy (non-hydrogen) atoms. The lowest BCUT2D eigenvalue weighted by molar-refractivity contribution is -0.117. The Labute approximate surface area is 95.9 Å². The number of thiazole rings is 1. The van der Waals surface area contributed by atoms with Gasteiger partial charge in [-0.15, -0.1) is 11.3 Å². The van der Waals surface area contributed by atoms with Crippen LogP contribution in [0.4, 0.5) is 0 Å². The van der Waals surface area contributed by atoms with E-state index in [4.69, 9.17) is 17.3 Å². The quantitative estimate of drug-likeness (QED) is 0.896. The molecule has 0 aliphatic heterocycles. The average Bonchev–Trinajstić information content (AvgIpc) is 2.56. The molecule has 0 saturated heterocycles. The molecule has 5 heteroatoms. The fourth-order valence-electron chi connectivity index (χ4n) is 1.29. The first kappa shape index (κ1) is 10.4. The second-order valence-electron chi connectivity index (χ2n) is 3.19. The van der Waals surface area contributed by atoms with Gasteiger partial charge in [-0.2, -0.15) is 0 Å². The van der Waals surface area contributed by atoms with Crippen LogP contribution in [0.5, 0.6) is 0 Å². The summed E-state index contributed by atoms with van der Waals surface area (Å²) in [6.45, 7) is 0. The Balaban J connectivity index is 2.27. The molecule has 1 amide bonds. The van der Waals surface area contributed by atoms with Crippen molar-refractivity contribution in [1.82, 2.24) is 4.98 Å². The molecular formula is C10H9ClN2OS. The maximum atomic E-state index is 10.6. The van der Waals surface area contributed by atoms with Crippen molar-refractivity contribution in [3.63, 3.8) is 0 Å². The van der Waals surface area contributed by atoms with Gasteiger partial charge in [0.15, 0.2) is 0 Å². The minimum atomic E-state index is -0.299. The van der Waals surface area contributed by atoms with Crippen molar-refractivity contribution in [2.45, 2.75) is 12.8 Å². The average molecular weight is 241 g/mol. The summed E-state index contributed by atoms with van der Waals surface area (Å²) in [4.78, 5) is 15.0. The second kappa shape index (κ2) is 4.16. The Hall–Kier alpha value is -1.13. The number of benzene rings is 1. The maximum Gasteiger partial charge on any atom is 0.217 e. The minimum absolute atomic E-state index is 0.299. The highest BCUT2D eigenvalue weighted by Crippen LogP contribution is 2.25. The van der Waals surface area contributed by atoms with Crippen molar-refractivity contribution in [3.05, 3.63) is 28.2 Å². The lowest BCUT2D eigenvalue weighted by Gasteiger charge is -1.89. The molecule has 0 aliphatic carbocycles. The fourth-order valence-corrected chi connectivity index (χ4v) is 2.40. The number of aryl methyl sites for hydroxylation is 1. The van der Waals surface area contributed by atoms with Crippen molar-refractivity contribution in [3.8, 4) is 0 Å². The molecule has 2 aromatic rings. The monoisotopic (exact) mass is 240 g/mol. The highest BCUT2D eigenvalue weighted by Gasteiger charge is 2.05. The lowest BCUT2D eigenvalue weighted by Crippen LogP contribution is -2.10. The topological polar surface area (TPSA) is 56.0 Å². The zero-order valence-electron chi connectivity index (χ0n) is 7.87. The second-order valence-corrected chi connectivity index (χ2v) is 4.74. The Kier molecular flexibility index (Phi) is 2.88. The summed E-state index contributed by atoms with van der Waals surface area (Å²) in [7, 11) is 0. The van der Waals surface area contributed by atoms with Crippen LogP contribution in [0.15, 0.2) is 18.2 Å². The molecule has 0 unspecified atom stereocenters. The Morgan fingerprint density at radius 3 is 3.07 bits per heavy atom. The van der Waals surface area contributed by atoms with E-state index in [-0.39, 0.29) is 5.91 Å². The van der Waals surface area contributed by atoms with E-state index in [0.717, 1.165) is 15.2 Å². The van der Waals surface area contributed by atoms with Crippen LogP contribution in [0.1, 0.15) is 11.4 Å². The first-order valence-corrected chi connectivity index (χ1v) is 5.68. The van der Waals surface area contributed by atoms with E-state index in [1.165, 1.54) is 0 Å². The van der Waals surface area contributed by atoms with Crippen molar-refractivity contribution in [2.75, 3.05) is 0 Å². The highest BCUT2D eigenvalue weighted by molar-refractivity contribution is 7.18. The van der Waals surface area contributed by atoms with Crippen LogP contribution >= 0.6 is 22.9 Å². The third-order valence-corrected chi connectivity index (χ3v) is 3.31.